The second kappa shape index (κ2) is 6.08. The van der Waals surface area contributed by atoms with Gasteiger partial charge in [0.2, 0.25) is 0 Å². The number of phenolic OH excluding ortho intramolecular Hbond substituents is 2. The maximum absolute atomic E-state index is 11.7. The smallest absolute Gasteiger partial charge is 0.275 e. The fraction of sp³-hybridized carbons (Fsp3) is 0. The number of amides is 1. The Balaban J connectivity index is 2.11. The normalized spacial score (nSPS) is 10.7. The predicted molar refractivity (Wildman–Crippen MR) is 76.3 cm³/mol. The van der Waals surface area contributed by atoms with E-state index >= 15 is 0 Å². The van der Waals surface area contributed by atoms with Gasteiger partial charge in [-0.05, 0) is 24.3 Å². The number of hydrogen-bond donors (Lipinski definition) is 3. The van der Waals surface area contributed by atoms with Crippen molar-refractivity contribution in [1.82, 2.24) is 5.43 Å². The molecule has 0 aromatic heterocycles. The lowest BCUT2D eigenvalue weighted by Gasteiger charge is -2.03. The standard InChI is InChI=1S/C14H11ClN2O3/c15-11-5-3-7-13(19)10(11)8-16-17-14(20)9-4-1-2-6-12(9)18/h1-8,18-19H,(H,17,20)/b16-8-. The minimum atomic E-state index is -0.564. The summed E-state index contributed by atoms with van der Waals surface area (Å²) in [5.41, 5.74) is 2.65. The van der Waals surface area contributed by atoms with Crippen LogP contribution in [0, 0.1) is 0 Å². The summed E-state index contributed by atoms with van der Waals surface area (Å²) in [7, 11) is 0. The number of hydrazone groups is 1. The van der Waals surface area contributed by atoms with E-state index in [1.54, 1.807) is 24.3 Å². The molecule has 5 nitrogen and oxygen atoms in total. The van der Waals surface area contributed by atoms with Crippen molar-refractivity contribution < 1.29 is 15.0 Å². The van der Waals surface area contributed by atoms with Crippen LogP contribution in [0.4, 0.5) is 0 Å². The van der Waals surface area contributed by atoms with Gasteiger partial charge in [-0.25, -0.2) is 5.43 Å². The summed E-state index contributed by atoms with van der Waals surface area (Å²) in [5, 5.41) is 23.1. The number of nitrogens with zero attached hydrogens (tertiary/aromatic N) is 1. The molecule has 0 unspecified atom stereocenters. The van der Waals surface area contributed by atoms with Crippen molar-refractivity contribution in [2.75, 3.05) is 0 Å². The third-order valence-corrected chi connectivity index (χ3v) is 2.87. The second-order valence-electron chi connectivity index (χ2n) is 3.89. The Morgan fingerprint density at radius 1 is 1.10 bits per heavy atom. The van der Waals surface area contributed by atoms with Gasteiger partial charge >= 0.3 is 0 Å². The van der Waals surface area contributed by atoms with Crippen molar-refractivity contribution in [2.24, 2.45) is 5.10 Å². The van der Waals surface area contributed by atoms with Gasteiger partial charge in [0.25, 0.3) is 5.91 Å². The molecule has 0 fully saturated rings. The molecular weight excluding hydrogens is 280 g/mol. The number of hydrogen-bond acceptors (Lipinski definition) is 4. The Kier molecular flexibility index (Phi) is 4.22. The van der Waals surface area contributed by atoms with Crippen molar-refractivity contribution in [3.05, 3.63) is 58.6 Å². The van der Waals surface area contributed by atoms with E-state index in [0.29, 0.717) is 10.6 Å². The molecule has 0 radical (unpaired) electrons. The quantitative estimate of drug-likeness (QED) is 0.600. The molecule has 0 aliphatic heterocycles. The zero-order valence-electron chi connectivity index (χ0n) is 10.2. The largest absolute Gasteiger partial charge is 0.507 e. The number of halogens is 1. The van der Waals surface area contributed by atoms with Crippen LogP contribution in [-0.4, -0.2) is 22.3 Å². The molecular formula is C14H11ClN2O3. The number of benzene rings is 2. The van der Waals surface area contributed by atoms with Crippen LogP contribution < -0.4 is 5.43 Å². The van der Waals surface area contributed by atoms with E-state index in [4.69, 9.17) is 11.6 Å². The number of carbonyl (C=O) groups is 1. The van der Waals surface area contributed by atoms with Gasteiger partial charge in [-0.3, -0.25) is 4.79 Å². The second-order valence-corrected chi connectivity index (χ2v) is 4.30. The van der Waals surface area contributed by atoms with Gasteiger partial charge in [-0.1, -0.05) is 29.8 Å². The van der Waals surface area contributed by atoms with Gasteiger partial charge in [0, 0.05) is 0 Å². The molecule has 0 saturated carbocycles. The highest BCUT2D eigenvalue weighted by Gasteiger charge is 2.09. The summed E-state index contributed by atoms with van der Waals surface area (Å²) in [6, 6.07) is 10.7. The zero-order chi connectivity index (χ0) is 14.5. The average molecular weight is 291 g/mol. The molecule has 6 heteroatoms. The first-order valence-electron chi connectivity index (χ1n) is 5.68. The van der Waals surface area contributed by atoms with Crippen LogP contribution in [0.3, 0.4) is 0 Å². The highest BCUT2D eigenvalue weighted by Crippen LogP contribution is 2.23. The van der Waals surface area contributed by atoms with E-state index in [0.717, 1.165) is 0 Å². The van der Waals surface area contributed by atoms with Gasteiger partial charge in [0.1, 0.15) is 11.5 Å². The third-order valence-electron chi connectivity index (χ3n) is 2.54. The fourth-order valence-corrected chi connectivity index (χ4v) is 1.75. The summed E-state index contributed by atoms with van der Waals surface area (Å²) >= 11 is 5.88. The zero-order valence-corrected chi connectivity index (χ0v) is 11.0. The monoisotopic (exact) mass is 290 g/mol. The molecule has 0 aliphatic rings. The summed E-state index contributed by atoms with van der Waals surface area (Å²) in [5.74, 6) is -0.746. The van der Waals surface area contributed by atoms with Crippen molar-refractivity contribution in [3.8, 4) is 11.5 Å². The van der Waals surface area contributed by atoms with Gasteiger partial charge in [-0.2, -0.15) is 5.10 Å². The Morgan fingerprint density at radius 2 is 1.80 bits per heavy atom. The number of phenols is 2. The van der Waals surface area contributed by atoms with Crippen LogP contribution in [0.5, 0.6) is 11.5 Å². The molecule has 20 heavy (non-hydrogen) atoms. The third kappa shape index (κ3) is 3.07. The van der Waals surface area contributed by atoms with Crippen molar-refractivity contribution in [1.29, 1.82) is 0 Å². The first-order chi connectivity index (χ1) is 9.59. The molecule has 0 spiro atoms. The topological polar surface area (TPSA) is 81.9 Å². The lowest BCUT2D eigenvalue weighted by atomic mass is 10.2. The molecule has 2 aromatic rings. The van der Waals surface area contributed by atoms with Crippen LogP contribution in [-0.2, 0) is 0 Å². The van der Waals surface area contributed by atoms with Crippen LogP contribution in [0.15, 0.2) is 47.6 Å². The highest BCUT2D eigenvalue weighted by atomic mass is 35.5. The maximum atomic E-state index is 11.7. The number of aromatic hydroxyl groups is 2. The Labute approximate surface area is 120 Å². The van der Waals surface area contributed by atoms with E-state index in [1.165, 1.54) is 24.4 Å². The van der Waals surface area contributed by atoms with Crippen LogP contribution in [0.25, 0.3) is 0 Å². The molecule has 2 aromatic carbocycles. The summed E-state index contributed by atoms with van der Waals surface area (Å²) < 4.78 is 0. The molecule has 3 N–H and O–H groups in total. The van der Waals surface area contributed by atoms with Crippen LogP contribution in [0.2, 0.25) is 5.02 Å². The number of para-hydroxylation sites is 1. The number of nitrogens with one attached hydrogen (secondary N) is 1. The van der Waals surface area contributed by atoms with Gasteiger partial charge in [0.05, 0.1) is 22.4 Å². The molecule has 0 heterocycles. The van der Waals surface area contributed by atoms with Crippen molar-refractivity contribution >= 4 is 23.7 Å². The molecule has 0 bridgehead atoms. The Morgan fingerprint density at radius 3 is 2.50 bits per heavy atom. The summed E-state index contributed by atoms with van der Waals surface area (Å²) in [6.07, 6.45) is 1.23. The molecule has 0 aliphatic carbocycles. The molecule has 2 rings (SSSR count). The maximum Gasteiger partial charge on any atom is 0.275 e. The Bertz CT molecular complexity index is 651. The number of carbonyl (C=O) groups excluding carboxylic acids is 1. The summed E-state index contributed by atoms with van der Waals surface area (Å²) in [6.45, 7) is 0. The summed E-state index contributed by atoms with van der Waals surface area (Å²) in [4.78, 5) is 11.7. The van der Waals surface area contributed by atoms with Crippen molar-refractivity contribution in [3.63, 3.8) is 0 Å². The van der Waals surface area contributed by atoms with E-state index in [-0.39, 0.29) is 17.1 Å². The molecule has 102 valence electrons. The average Bonchev–Trinajstić information content (AvgIpc) is 2.42. The van der Waals surface area contributed by atoms with E-state index in [1.807, 2.05) is 0 Å². The van der Waals surface area contributed by atoms with E-state index in [9.17, 15) is 15.0 Å². The lowest BCUT2D eigenvalue weighted by Crippen LogP contribution is -2.17. The van der Waals surface area contributed by atoms with Crippen LogP contribution >= 0.6 is 11.6 Å². The van der Waals surface area contributed by atoms with E-state index in [2.05, 4.69) is 10.5 Å². The van der Waals surface area contributed by atoms with Gasteiger partial charge < -0.3 is 10.2 Å². The predicted octanol–water partition coefficient (Wildman–Crippen LogP) is 2.52. The molecule has 0 saturated heterocycles. The minimum Gasteiger partial charge on any atom is -0.507 e. The highest BCUT2D eigenvalue weighted by molar-refractivity contribution is 6.33. The SMILES string of the molecule is O=C(N/N=C\c1c(O)cccc1Cl)c1ccccc1O. The lowest BCUT2D eigenvalue weighted by molar-refractivity contribution is 0.0952. The van der Waals surface area contributed by atoms with E-state index < -0.39 is 5.91 Å². The van der Waals surface area contributed by atoms with Crippen molar-refractivity contribution in [2.45, 2.75) is 0 Å². The number of rotatable bonds is 3. The molecule has 1 amide bonds. The minimum absolute atomic E-state index is 0.0435. The molecule has 0 atom stereocenters. The Hall–Kier alpha value is -2.53. The fourth-order valence-electron chi connectivity index (χ4n) is 1.53. The first kappa shape index (κ1) is 13.9. The van der Waals surface area contributed by atoms with Gasteiger partial charge in [-0.15, -0.1) is 0 Å². The van der Waals surface area contributed by atoms with Crippen LogP contribution in [0.1, 0.15) is 15.9 Å². The van der Waals surface area contributed by atoms with Gasteiger partial charge in [0.15, 0.2) is 0 Å². The first-order valence-corrected chi connectivity index (χ1v) is 6.06.